The summed E-state index contributed by atoms with van der Waals surface area (Å²) in [5.41, 5.74) is 0.857. The summed E-state index contributed by atoms with van der Waals surface area (Å²) in [5, 5.41) is 13.7. The van der Waals surface area contributed by atoms with E-state index in [2.05, 4.69) is 47.2 Å². The van der Waals surface area contributed by atoms with Gasteiger partial charge in [0, 0.05) is 17.8 Å². The van der Waals surface area contributed by atoms with E-state index < -0.39 is 10.0 Å². The first-order chi connectivity index (χ1) is 20.4. The van der Waals surface area contributed by atoms with Crippen LogP contribution in [0.5, 0.6) is 34.6 Å². The number of hydrogen-bond acceptors (Lipinski definition) is 13. The number of nitrogens with zero attached hydrogens (tertiary/aromatic N) is 6. The van der Waals surface area contributed by atoms with Crippen LogP contribution in [0.25, 0.3) is 22.9 Å². The summed E-state index contributed by atoms with van der Waals surface area (Å²) in [6.45, 7) is 3.67. The van der Waals surface area contributed by atoms with Gasteiger partial charge in [-0.3, -0.25) is 9.71 Å². The molecule has 0 saturated carbocycles. The molecule has 42 heavy (non-hydrogen) atoms. The van der Waals surface area contributed by atoms with Crippen LogP contribution in [0.3, 0.4) is 0 Å². The summed E-state index contributed by atoms with van der Waals surface area (Å²) in [4.78, 5) is 13.2. The Morgan fingerprint density at radius 3 is 2.67 bits per heavy atom. The van der Waals surface area contributed by atoms with Gasteiger partial charge >= 0.3 is 0 Å². The van der Waals surface area contributed by atoms with E-state index in [4.69, 9.17) is 23.7 Å². The van der Waals surface area contributed by atoms with Crippen molar-refractivity contribution in [1.82, 2.24) is 35.6 Å². The Kier molecular flexibility index (Phi) is 7.10. The average molecular weight is 590 g/mol. The Balaban J connectivity index is 1.49. The highest BCUT2D eigenvalue weighted by Gasteiger charge is 2.27. The minimum atomic E-state index is -4.24. The van der Waals surface area contributed by atoms with E-state index in [1.165, 1.54) is 31.5 Å². The van der Waals surface area contributed by atoms with Crippen LogP contribution in [0.4, 0.5) is 5.82 Å². The molecule has 0 unspecified atom stereocenters. The molecule has 1 radical (unpaired) electrons. The second-order valence-electron chi connectivity index (χ2n) is 8.43. The molecule has 0 amide bonds. The summed E-state index contributed by atoms with van der Waals surface area (Å²) < 4.78 is 57.6. The van der Waals surface area contributed by atoms with Crippen molar-refractivity contribution in [3.8, 4) is 57.5 Å². The smallest absolute Gasteiger partial charge is 0.263 e. The number of sulfonamides is 1. The van der Waals surface area contributed by atoms with Gasteiger partial charge in [0.2, 0.25) is 12.5 Å². The lowest BCUT2D eigenvalue weighted by Gasteiger charge is -2.18. The number of fused-ring (bicyclic) bond motifs is 1. The lowest BCUT2D eigenvalue weighted by molar-refractivity contribution is 0.174. The number of anilines is 1. The first kappa shape index (κ1) is 26.7. The molecule has 6 rings (SSSR count). The highest BCUT2D eigenvalue weighted by atomic mass is 32.2. The van der Waals surface area contributed by atoms with Gasteiger partial charge in [-0.15, -0.1) is 5.10 Å². The van der Waals surface area contributed by atoms with Gasteiger partial charge in [-0.25, -0.2) is 18.5 Å². The molecular weight excluding hydrogens is 568 g/mol. The normalized spacial score (nSPS) is 12.1. The van der Waals surface area contributed by atoms with Crippen LogP contribution in [-0.2, 0) is 10.0 Å². The number of ether oxygens (including phenoxy) is 5. The molecule has 1 aliphatic rings. The van der Waals surface area contributed by atoms with Gasteiger partial charge in [0.05, 0.1) is 18.6 Å². The molecule has 0 aliphatic carbocycles. The van der Waals surface area contributed by atoms with E-state index in [1.54, 1.807) is 36.4 Å². The van der Waals surface area contributed by atoms with Crippen molar-refractivity contribution in [2.75, 3.05) is 25.2 Å². The fourth-order valence-corrected chi connectivity index (χ4v) is 4.94. The number of aromatic nitrogens is 7. The number of benzene rings is 2. The van der Waals surface area contributed by atoms with Crippen molar-refractivity contribution in [1.29, 1.82) is 0 Å². The summed E-state index contributed by atoms with van der Waals surface area (Å²) >= 11 is 0. The Labute approximate surface area is 238 Å². The van der Waals surface area contributed by atoms with Crippen LogP contribution in [0.1, 0.15) is 0 Å². The SMILES string of the molecule is [CH2]COc1nc(-c2ccnc(-c3nnn[nH]3)c2)nc(NS(=O)(=O)c2ccc3c(c2)OCO3)c1Oc1ccccc1OC. The van der Waals surface area contributed by atoms with Gasteiger partial charge in [0.1, 0.15) is 5.69 Å². The molecule has 16 heteroatoms. The van der Waals surface area contributed by atoms with Gasteiger partial charge < -0.3 is 23.7 Å². The van der Waals surface area contributed by atoms with Crippen LogP contribution in [0.15, 0.2) is 65.7 Å². The predicted octanol–water partition coefficient (Wildman–Crippen LogP) is 3.26. The number of methoxy groups -OCH3 is 1. The number of tetrazole rings is 1. The first-order valence-electron chi connectivity index (χ1n) is 12.2. The van der Waals surface area contributed by atoms with E-state index in [1.807, 2.05) is 0 Å². The third kappa shape index (κ3) is 5.29. The molecular formula is C26H21N8O7S. The number of rotatable bonds is 10. The summed E-state index contributed by atoms with van der Waals surface area (Å²) in [6, 6.07) is 14.3. The van der Waals surface area contributed by atoms with Crippen molar-refractivity contribution in [3.05, 3.63) is 67.7 Å². The minimum Gasteiger partial charge on any atom is -0.493 e. The van der Waals surface area contributed by atoms with E-state index in [-0.39, 0.29) is 47.3 Å². The van der Waals surface area contributed by atoms with Crippen LogP contribution in [0.2, 0.25) is 0 Å². The highest BCUT2D eigenvalue weighted by molar-refractivity contribution is 7.92. The second kappa shape index (κ2) is 11.2. The second-order valence-corrected chi connectivity index (χ2v) is 10.1. The van der Waals surface area contributed by atoms with Crippen molar-refractivity contribution >= 4 is 15.8 Å². The van der Waals surface area contributed by atoms with Crippen LogP contribution >= 0.6 is 0 Å². The fourth-order valence-electron chi connectivity index (χ4n) is 3.92. The van der Waals surface area contributed by atoms with Crippen LogP contribution < -0.4 is 28.4 Å². The van der Waals surface area contributed by atoms with Gasteiger partial charge in [0.15, 0.2) is 40.5 Å². The number of para-hydroxylation sites is 2. The summed E-state index contributed by atoms with van der Waals surface area (Å²) in [6.07, 6.45) is 1.51. The molecule has 4 heterocycles. The summed E-state index contributed by atoms with van der Waals surface area (Å²) in [7, 11) is -2.77. The molecule has 0 bridgehead atoms. The van der Waals surface area contributed by atoms with Crippen molar-refractivity contribution in [3.63, 3.8) is 0 Å². The largest absolute Gasteiger partial charge is 0.493 e. The number of nitrogens with one attached hydrogen (secondary N) is 2. The number of aromatic amines is 1. The first-order valence-corrected chi connectivity index (χ1v) is 13.7. The number of pyridine rings is 1. The van der Waals surface area contributed by atoms with Gasteiger partial charge in [-0.2, -0.15) is 4.98 Å². The van der Waals surface area contributed by atoms with Gasteiger partial charge in [-0.1, -0.05) is 12.1 Å². The highest BCUT2D eigenvalue weighted by Crippen LogP contribution is 2.42. The third-order valence-corrected chi connectivity index (χ3v) is 7.18. The van der Waals surface area contributed by atoms with Crippen molar-refractivity contribution in [2.45, 2.75) is 4.90 Å². The number of hydrogen-bond donors (Lipinski definition) is 2. The minimum absolute atomic E-state index is 0.0117. The molecule has 2 aromatic carbocycles. The standard InChI is InChI=1S/C26H21N8O7S/c1-3-38-26-22(41-20-7-5-4-6-18(20)37-2)25(32-42(35,36)16-8-9-19-21(13-16)40-14-39-19)28-23(29-26)15-10-11-27-17(12-15)24-30-33-34-31-24/h4-13H,1,3,14H2,2H3,(H,28,29,32)(H,30,31,33,34). The molecule has 0 atom stereocenters. The number of H-pyrrole nitrogens is 1. The molecule has 2 N–H and O–H groups in total. The van der Waals surface area contributed by atoms with E-state index in [0.29, 0.717) is 34.3 Å². The Bertz CT molecular complexity index is 1850. The molecule has 213 valence electrons. The molecule has 0 spiro atoms. The zero-order valence-electron chi connectivity index (χ0n) is 21.8. The lowest BCUT2D eigenvalue weighted by atomic mass is 10.2. The maximum Gasteiger partial charge on any atom is 0.263 e. The molecule has 0 saturated heterocycles. The van der Waals surface area contributed by atoms with Crippen LogP contribution in [0, 0.1) is 6.92 Å². The zero-order valence-corrected chi connectivity index (χ0v) is 22.7. The predicted molar refractivity (Wildman–Crippen MR) is 146 cm³/mol. The van der Waals surface area contributed by atoms with Crippen LogP contribution in [-0.4, -0.2) is 64.5 Å². The van der Waals surface area contributed by atoms with E-state index >= 15 is 0 Å². The molecule has 1 aliphatic heterocycles. The maximum absolute atomic E-state index is 13.6. The van der Waals surface area contributed by atoms with Gasteiger partial charge in [0.25, 0.3) is 15.9 Å². The maximum atomic E-state index is 13.6. The molecule has 0 fully saturated rings. The monoisotopic (exact) mass is 589 g/mol. The van der Waals surface area contributed by atoms with E-state index in [9.17, 15) is 8.42 Å². The Morgan fingerprint density at radius 1 is 1.05 bits per heavy atom. The molecule has 3 aromatic heterocycles. The molecule has 5 aromatic rings. The van der Waals surface area contributed by atoms with E-state index in [0.717, 1.165) is 0 Å². The zero-order chi connectivity index (χ0) is 29.1. The lowest BCUT2D eigenvalue weighted by Crippen LogP contribution is -2.16. The third-order valence-electron chi connectivity index (χ3n) is 5.85. The molecule has 15 nitrogen and oxygen atoms in total. The van der Waals surface area contributed by atoms with Gasteiger partial charge in [-0.05, 0) is 53.7 Å². The summed E-state index contributed by atoms with van der Waals surface area (Å²) in [5.74, 6) is 1.35. The Hall–Kier alpha value is -5.51. The quantitative estimate of drug-likeness (QED) is 0.242. The Morgan fingerprint density at radius 2 is 1.88 bits per heavy atom. The fraction of sp³-hybridized carbons (Fsp3) is 0.115. The van der Waals surface area contributed by atoms with Crippen molar-refractivity contribution in [2.24, 2.45) is 0 Å². The van der Waals surface area contributed by atoms with Crippen molar-refractivity contribution < 1.29 is 32.1 Å². The topological polar surface area (TPSA) is 185 Å². The average Bonchev–Trinajstić information content (AvgIpc) is 3.71.